The number of ketones is 1. The molecule has 3 aliphatic rings. The number of primary amides is 1. The highest BCUT2D eigenvalue weighted by Crippen LogP contribution is 2.65. The average Bonchev–Trinajstić information content (AvgIpc) is 3.32. The summed E-state index contributed by atoms with van der Waals surface area (Å²) in [5.41, 5.74) is 1.03. The van der Waals surface area contributed by atoms with Crippen LogP contribution in [0, 0.1) is 28.6 Å². The summed E-state index contributed by atoms with van der Waals surface area (Å²) >= 11 is 0. The number of nitrogens with two attached hydrogens (primary N) is 1. The summed E-state index contributed by atoms with van der Waals surface area (Å²) in [5, 5.41) is 7.24. The van der Waals surface area contributed by atoms with E-state index in [0.717, 1.165) is 4.90 Å². The maximum absolute atomic E-state index is 14.2. The molecule has 5 atom stereocenters. The molecule has 0 unspecified atom stereocenters. The van der Waals surface area contributed by atoms with Gasteiger partial charge < -0.3 is 26.6 Å². The highest BCUT2D eigenvalue weighted by molar-refractivity contribution is 6.37. The number of nitrogens with one attached hydrogen (secondary N) is 3. The van der Waals surface area contributed by atoms with Crippen molar-refractivity contribution < 1.29 is 36.3 Å². The van der Waals surface area contributed by atoms with Crippen LogP contribution in [0.5, 0.6) is 0 Å². The van der Waals surface area contributed by atoms with Crippen LogP contribution in [0.25, 0.3) is 0 Å². The van der Waals surface area contributed by atoms with Gasteiger partial charge in [-0.2, -0.15) is 0 Å². The van der Waals surface area contributed by atoms with Gasteiger partial charge >= 0.3 is 6.03 Å². The van der Waals surface area contributed by atoms with Crippen molar-refractivity contribution >= 4 is 29.5 Å². The topological polar surface area (TPSA) is 151 Å². The van der Waals surface area contributed by atoms with Crippen molar-refractivity contribution in [1.82, 2.24) is 20.9 Å². The lowest BCUT2D eigenvalue weighted by molar-refractivity contribution is -0.145. The number of fused-ring (bicyclic) bond motifs is 1. The van der Waals surface area contributed by atoms with Gasteiger partial charge in [-0.05, 0) is 55.7 Å². The molecule has 1 aliphatic heterocycles. The molecule has 0 spiro atoms. The average molecular weight is 529 g/mol. The zero-order chi connectivity index (χ0) is 35.8. The highest BCUT2D eigenvalue weighted by Gasteiger charge is 2.70. The van der Waals surface area contributed by atoms with E-state index >= 15 is 0 Å². The summed E-state index contributed by atoms with van der Waals surface area (Å²) in [6.45, 7) is 3.19. The van der Waals surface area contributed by atoms with Gasteiger partial charge in [-0.3, -0.25) is 19.2 Å². The molecule has 37 heavy (non-hydrogen) atoms. The Morgan fingerprint density at radius 3 is 2.19 bits per heavy atom. The fraction of sp³-hybridized carbons (Fsp3) is 0.815. The Morgan fingerprint density at radius 2 is 1.73 bits per heavy atom. The van der Waals surface area contributed by atoms with Crippen LogP contribution in [-0.4, -0.2) is 64.6 Å². The summed E-state index contributed by atoms with van der Waals surface area (Å²) in [4.78, 5) is 67.2. The standard InChI is InChI=1S/C27H45N5O5/c1-25(2,3)20(30-24(37)31-26(4,5)6)23(36)32-13-15-17(27(15,7)8)18(32)22(35)29-16(19(33)21(28)34)12-14-10-9-11-14/h14-18,20H,9-13H2,1-8H3,(H2,28,34)(H,29,35)(H2,30,31,37)/t15-,16+,17-,18-,20+/m0/s1/i7D3,8D3,12D2,16D. The van der Waals surface area contributed by atoms with Crippen LogP contribution in [0.2, 0.25) is 0 Å². The summed E-state index contributed by atoms with van der Waals surface area (Å²) in [7, 11) is 0. The van der Waals surface area contributed by atoms with Crippen LogP contribution in [0.4, 0.5) is 4.79 Å². The third-order valence-corrected chi connectivity index (χ3v) is 7.09. The molecular weight excluding hydrogens is 474 g/mol. The van der Waals surface area contributed by atoms with Gasteiger partial charge in [0.25, 0.3) is 5.91 Å². The van der Waals surface area contributed by atoms with Crippen LogP contribution in [0.1, 0.15) is 93.2 Å². The fourth-order valence-electron chi connectivity index (χ4n) is 4.82. The zero-order valence-electron chi connectivity index (χ0n) is 31.3. The quantitative estimate of drug-likeness (QED) is 0.354. The first-order valence-corrected chi connectivity index (χ1v) is 12.5. The Balaban J connectivity index is 2.13. The van der Waals surface area contributed by atoms with Crippen molar-refractivity contribution in [2.45, 2.75) is 105 Å². The first-order valence-electron chi connectivity index (χ1n) is 17.0. The van der Waals surface area contributed by atoms with Crippen molar-refractivity contribution in [2.24, 2.45) is 34.3 Å². The molecule has 1 heterocycles. The molecule has 10 nitrogen and oxygen atoms in total. The van der Waals surface area contributed by atoms with Gasteiger partial charge in [0.2, 0.25) is 17.6 Å². The molecule has 0 aromatic carbocycles. The van der Waals surface area contributed by atoms with E-state index in [1.807, 2.05) is 5.32 Å². The molecule has 3 rings (SSSR count). The minimum Gasteiger partial charge on any atom is -0.363 e. The molecular formula is C27H45N5O5. The molecule has 3 fully saturated rings. The normalized spacial score (nSPS) is 31.8. The van der Waals surface area contributed by atoms with Crippen LogP contribution in [-0.2, 0) is 19.2 Å². The second-order valence-electron chi connectivity index (χ2n) is 12.4. The van der Waals surface area contributed by atoms with Crippen molar-refractivity contribution in [1.29, 1.82) is 0 Å². The Bertz CT molecular complexity index is 1270. The first-order chi connectivity index (χ1) is 20.5. The lowest BCUT2D eigenvalue weighted by Gasteiger charge is -2.38. The highest BCUT2D eigenvalue weighted by atomic mass is 16.2. The number of amides is 5. The van der Waals surface area contributed by atoms with E-state index in [2.05, 4.69) is 10.6 Å². The molecule has 1 saturated heterocycles. The Kier molecular flexibility index (Phi) is 4.97. The van der Waals surface area contributed by atoms with E-state index < -0.39 is 108 Å². The number of carbonyl (C=O) groups excluding carboxylic acids is 5. The number of hydrogen-bond donors (Lipinski definition) is 4. The van der Waals surface area contributed by atoms with Crippen LogP contribution < -0.4 is 21.7 Å². The maximum Gasteiger partial charge on any atom is 0.315 e. The predicted octanol–water partition coefficient (Wildman–Crippen LogP) is 1.71. The minimum absolute atomic E-state index is 0.241. The third-order valence-electron chi connectivity index (χ3n) is 7.09. The molecule has 0 aromatic rings. The Morgan fingerprint density at radius 1 is 1.11 bits per heavy atom. The van der Waals surface area contributed by atoms with Gasteiger partial charge in [-0.1, -0.05) is 53.7 Å². The summed E-state index contributed by atoms with van der Waals surface area (Å²) in [6, 6.07) is -7.25. The first kappa shape index (κ1) is 18.6. The van der Waals surface area contributed by atoms with E-state index in [1.54, 1.807) is 41.5 Å². The summed E-state index contributed by atoms with van der Waals surface area (Å²) in [6.07, 6.45) is -1.78. The molecule has 0 radical (unpaired) electrons. The van der Waals surface area contributed by atoms with E-state index in [9.17, 15) is 24.0 Å². The largest absolute Gasteiger partial charge is 0.363 e. The Labute approximate surface area is 232 Å². The van der Waals surface area contributed by atoms with E-state index in [-0.39, 0.29) is 12.8 Å². The maximum atomic E-state index is 14.2. The fourth-order valence-corrected chi connectivity index (χ4v) is 4.82. The lowest BCUT2D eigenvalue weighted by atomic mass is 9.80. The monoisotopic (exact) mass is 528 g/mol. The minimum atomic E-state index is -3.28. The van der Waals surface area contributed by atoms with Crippen molar-refractivity contribution in [3.05, 3.63) is 0 Å². The molecule has 0 aromatic heterocycles. The molecule has 10 heteroatoms. The second kappa shape index (κ2) is 9.91. The van der Waals surface area contributed by atoms with Gasteiger partial charge in [0.05, 0.1) is 7.39 Å². The number of urea groups is 1. The number of rotatable bonds is 8. The number of nitrogens with zero attached hydrogens (tertiary/aromatic N) is 1. The van der Waals surface area contributed by atoms with Gasteiger partial charge in [0.1, 0.15) is 12.1 Å². The molecule has 208 valence electrons. The van der Waals surface area contributed by atoms with E-state index in [1.165, 1.54) is 0 Å². The van der Waals surface area contributed by atoms with Gasteiger partial charge in [0, 0.05) is 23.0 Å². The van der Waals surface area contributed by atoms with Crippen LogP contribution in [0.15, 0.2) is 0 Å². The van der Waals surface area contributed by atoms with Gasteiger partial charge in [0.15, 0.2) is 0 Å². The number of piperidine rings is 1. The number of likely N-dealkylation sites (tertiary alicyclic amines) is 1. The molecule has 5 N–H and O–H groups in total. The number of carbonyl (C=O) groups is 5. The molecule has 0 bridgehead atoms. The molecule has 2 saturated carbocycles. The van der Waals surface area contributed by atoms with Crippen LogP contribution in [0.3, 0.4) is 0 Å². The van der Waals surface area contributed by atoms with Crippen LogP contribution >= 0.6 is 0 Å². The second-order valence-corrected chi connectivity index (χ2v) is 12.4. The van der Waals surface area contributed by atoms with E-state index in [0.29, 0.717) is 6.42 Å². The number of Topliss-reactive ketones (excluding diaryl/α,β-unsaturated/α-hetero) is 1. The Hall–Kier alpha value is -2.65. The van der Waals surface area contributed by atoms with Crippen molar-refractivity contribution in [3.8, 4) is 0 Å². The predicted molar refractivity (Wildman–Crippen MR) is 139 cm³/mol. The molecule has 5 amide bonds. The summed E-state index contributed by atoms with van der Waals surface area (Å²) in [5.74, 6) is -9.43. The molecule has 2 aliphatic carbocycles. The van der Waals surface area contributed by atoms with Gasteiger partial charge in [-0.15, -0.1) is 0 Å². The summed E-state index contributed by atoms with van der Waals surface area (Å²) < 4.78 is 75.1. The van der Waals surface area contributed by atoms with Crippen molar-refractivity contribution in [3.63, 3.8) is 0 Å². The number of hydrogen-bond acceptors (Lipinski definition) is 5. The third kappa shape index (κ3) is 6.26. The van der Waals surface area contributed by atoms with Crippen molar-refractivity contribution in [2.75, 3.05) is 6.54 Å². The van der Waals surface area contributed by atoms with E-state index in [4.69, 9.17) is 18.1 Å². The smallest absolute Gasteiger partial charge is 0.315 e. The zero-order valence-corrected chi connectivity index (χ0v) is 22.3. The SMILES string of the molecule is [2H]C([2H])([2H])C1(C([2H])([2H])[2H])[C@@H]2[C@@H](C(=O)N[C@@]([2H])(C(=O)C(N)=O)C([2H])([2H])C3CCC3)N(C(=O)[C@@H](NC(=O)NC(C)(C)C)C(C)(C)C)C[C@@H]21. The lowest BCUT2D eigenvalue weighted by Crippen LogP contribution is -2.62. The van der Waals surface area contributed by atoms with Gasteiger partial charge in [-0.25, -0.2) is 4.79 Å².